The Bertz CT molecular complexity index is 713. The van der Waals surface area contributed by atoms with E-state index in [-0.39, 0.29) is 17.9 Å². The lowest BCUT2D eigenvalue weighted by atomic mass is 9.98. The molecule has 0 spiro atoms. The summed E-state index contributed by atoms with van der Waals surface area (Å²) in [7, 11) is 3.41. The Hall–Kier alpha value is -2.41. The van der Waals surface area contributed by atoms with Crippen LogP contribution in [0, 0.1) is 12.8 Å². The molecule has 2 aromatic rings. The van der Waals surface area contributed by atoms with Gasteiger partial charge in [-0.15, -0.1) is 0 Å². The van der Waals surface area contributed by atoms with Crippen molar-refractivity contribution in [2.24, 2.45) is 13.0 Å². The average Bonchev–Trinajstić information content (AvgIpc) is 3.17. The topological polar surface area (TPSA) is 78.3 Å². The molecule has 3 rings (SSSR count). The molecule has 0 radical (unpaired) electrons. The largest absolute Gasteiger partial charge is 0.481 e. The number of anilines is 1. The van der Waals surface area contributed by atoms with Gasteiger partial charge in [0.15, 0.2) is 0 Å². The Balaban J connectivity index is 1.76. The fourth-order valence-electron chi connectivity index (χ4n) is 2.82. The summed E-state index contributed by atoms with van der Waals surface area (Å²) in [6.45, 7) is 2.40. The summed E-state index contributed by atoms with van der Waals surface area (Å²) in [6, 6.07) is 5.41. The molecule has 7 heteroatoms. The quantitative estimate of drug-likeness (QED) is 0.931. The molecule has 1 aliphatic rings. The maximum atomic E-state index is 12.7. The molecule has 122 valence electrons. The Kier molecular flexibility index (Phi) is 4.29. The summed E-state index contributed by atoms with van der Waals surface area (Å²) in [4.78, 5) is 16.9. The van der Waals surface area contributed by atoms with Crippen molar-refractivity contribution in [3.63, 3.8) is 0 Å². The second-order valence-electron chi connectivity index (χ2n) is 5.54. The number of hydrogen-bond acceptors (Lipinski definition) is 5. The molecule has 1 amide bonds. The number of rotatable bonds is 4. The van der Waals surface area contributed by atoms with E-state index in [4.69, 9.17) is 9.47 Å². The predicted octanol–water partition coefficient (Wildman–Crippen LogP) is 1.85. The van der Waals surface area contributed by atoms with Gasteiger partial charge in [-0.1, -0.05) is 0 Å². The van der Waals surface area contributed by atoms with E-state index in [1.165, 1.54) is 0 Å². The third-order valence-electron chi connectivity index (χ3n) is 4.11. The number of nitrogens with one attached hydrogen (secondary N) is 1. The minimum atomic E-state index is -0.269. The molecule has 0 aromatic carbocycles. The van der Waals surface area contributed by atoms with Crippen LogP contribution in [0.5, 0.6) is 5.88 Å². The van der Waals surface area contributed by atoms with Gasteiger partial charge in [-0.05, 0) is 25.5 Å². The molecule has 2 aromatic heterocycles. The summed E-state index contributed by atoms with van der Waals surface area (Å²) < 4.78 is 12.6. The molecule has 23 heavy (non-hydrogen) atoms. The molecular formula is C16H20N4O3. The van der Waals surface area contributed by atoms with Gasteiger partial charge in [0.05, 0.1) is 30.1 Å². The van der Waals surface area contributed by atoms with E-state index in [2.05, 4.69) is 15.4 Å². The monoisotopic (exact) mass is 316 g/mol. The number of nitrogens with zero attached hydrogens (tertiary/aromatic N) is 3. The third kappa shape index (κ3) is 3.05. The van der Waals surface area contributed by atoms with Crippen molar-refractivity contribution in [1.29, 1.82) is 0 Å². The van der Waals surface area contributed by atoms with Crippen LogP contribution in [0.15, 0.2) is 24.4 Å². The van der Waals surface area contributed by atoms with Gasteiger partial charge in [0.1, 0.15) is 6.10 Å². The maximum absolute atomic E-state index is 12.7. The number of hydrogen-bond donors (Lipinski definition) is 1. The van der Waals surface area contributed by atoms with Gasteiger partial charge in [-0.25, -0.2) is 4.98 Å². The van der Waals surface area contributed by atoms with E-state index in [1.54, 1.807) is 30.1 Å². The number of carbonyl (C=O) groups is 1. The first-order chi connectivity index (χ1) is 11.1. The molecule has 0 saturated carbocycles. The Labute approximate surface area is 134 Å². The molecule has 3 heterocycles. The van der Waals surface area contributed by atoms with Crippen molar-refractivity contribution in [2.75, 3.05) is 19.0 Å². The first kappa shape index (κ1) is 15.5. The number of carbonyl (C=O) groups excluding carboxylic acids is 1. The van der Waals surface area contributed by atoms with Crippen LogP contribution in [-0.4, -0.2) is 34.4 Å². The Morgan fingerprint density at radius 3 is 2.91 bits per heavy atom. The molecule has 1 saturated heterocycles. The molecule has 7 nitrogen and oxygen atoms in total. The lowest BCUT2D eigenvalue weighted by Gasteiger charge is -2.19. The second-order valence-corrected chi connectivity index (χ2v) is 5.54. The molecule has 1 N–H and O–H groups in total. The highest BCUT2D eigenvalue weighted by Gasteiger charge is 2.37. The number of aromatic nitrogens is 3. The fourth-order valence-corrected chi connectivity index (χ4v) is 2.82. The van der Waals surface area contributed by atoms with Gasteiger partial charge >= 0.3 is 0 Å². The summed E-state index contributed by atoms with van der Waals surface area (Å²) in [5, 5.41) is 7.10. The van der Waals surface area contributed by atoms with Crippen LogP contribution in [0.4, 0.5) is 5.69 Å². The van der Waals surface area contributed by atoms with Crippen LogP contribution >= 0.6 is 0 Å². The minimum Gasteiger partial charge on any atom is -0.481 e. The van der Waals surface area contributed by atoms with Crippen molar-refractivity contribution in [1.82, 2.24) is 14.8 Å². The van der Waals surface area contributed by atoms with E-state index in [0.717, 1.165) is 5.69 Å². The number of amides is 1. The normalized spacial score (nSPS) is 20.5. The number of methoxy groups -OCH3 is 1. The second kappa shape index (κ2) is 6.37. The van der Waals surface area contributed by atoms with Crippen LogP contribution in [0.1, 0.15) is 23.9 Å². The summed E-state index contributed by atoms with van der Waals surface area (Å²) >= 11 is 0. The van der Waals surface area contributed by atoms with E-state index in [1.807, 2.05) is 20.0 Å². The maximum Gasteiger partial charge on any atom is 0.230 e. The number of ether oxygens (including phenoxy) is 2. The first-order valence-corrected chi connectivity index (χ1v) is 7.52. The van der Waals surface area contributed by atoms with Crippen molar-refractivity contribution < 1.29 is 14.3 Å². The smallest absolute Gasteiger partial charge is 0.230 e. The highest BCUT2D eigenvalue weighted by Crippen LogP contribution is 2.35. The van der Waals surface area contributed by atoms with Crippen molar-refractivity contribution >= 4 is 11.6 Å². The summed E-state index contributed by atoms with van der Waals surface area (Å²) in [5.74, 6) is 0.216. The standard InChI is InChI=1S/C16H20N4O3/c1-10-12(4-5-14(18-10)22-3)19-16(21)11-7-9-23-15(11)13-6-8-17-20(13)2/h4-6,8,11,15H,7,9H2,1-3H3,(H,19,21)/t11-,15-/m1/s1. The van der Waals surface area contributed by atoms with Gasteiger partial charge in [0, 0.05) is 25.9 Å². The molecule has 2 atom stereocenters. The van der Waals surface area contributed by atoms with Crippen molar-refractivity contribution in [2.45, 2.75) is 19.4 Å². The Morgan fingerprint density at radius 1 is 1.43 bits per heavy atom. The SMILES string of the molecule is COc1ccc(NC(=O)[C@@H]2CCO[C@H]2c2ccnn2C)c(C)n1. The van der Waals surface area contributed by atoms with Crippen LogP contribution < -0.4 is 10.1 Å². The molecule has 0 unspecified atom stereocenters. The number of pyridine rings is 1. The highest BCUT2D eigenvalue weighted by molar-refractivity contribution is 5.93. The fraction of sp³-hybridized carbons (Fsp3) is 0.438. The summed E-state index contributed by atoms with van der Waals surface area (Å²) in [6.07, 6.45) is 2.13. The van der Waals surface area contributed by atoms with Crippen molar-refractivity contribution in [3.05, 3.63) is 35.8 Å². The molecule has 1 aliphatic heterocycles. The van der Waals surface area contributed by atoms with E-state index < -0.39 is 0 Å². The average molecular weight is 316 g/mol. The highest BCUT2D eigenvalue weighted by atomic mass is 16.5. The van der Waals surface area contributed by atoms with E-state index in [0.29, 0.717) is 30.3 Å². The van der Waals surface area contributed by atoms with Gasteiger partial charge in [-0.3, -0.25) is 9.48 Å². The van der Waals surface area contributed by atoms with Gasteiger partial charge in [0.2, 0.25) is 11.8 Å². The lowest BCUT2D eigenvalue weighted by molar-refractivity contribution is -0.121. The van der Waals surface area contributed by atoms with Gasteiger partial charge in [0.25, 0.3) is 0 Å². The molecular weight excluding hydrogens is 296 g/mol. The molecule has 1 fully saturated rings. The van der Waals surface area contributed by atoms with Crippen LogP contribution in [0.2, 0.25) is 0 Å². The van der Waals surface area contributed by atoms with Crippen molar-refractivity contribution in [3.8, 4) is 5.88 Å². The third-order valence-corrected chi connectivity index (χ3v) is 4.11. The zero-order valence-electron chi connectivity index (χ0n) is 13.4. The zero-order valence-corrected chi connectivity index (χ0v) is 13.4. The molecule has 0 aliphatic carbocycles. The Morgan fingerprint density at radius 2 is 2.26 bits per heavy atom. The van der Waals surface area contributed by atoms with E-state index >= 15 is 0 Å². The first-order valence-electron chi connectivity index (χ1n) is 7.52. The van der Waals surface area contributed by atoms with Crippen LogP contribution in [0.25, 0.3) is 0 Å². The van der Waals surface area contributed by atoms with E-state index in [9.17, 15) is 4.79 Å². The zero-order chi connectivity index (χ0) is 16.4. The van der Waals surface area contributed by atoms with Gasteiger partial charge < -0.3 is 14.8 Å². The minimum absolute atomic E-state index is 0.0660. The summed E-state index contributed by atoms with van der Waals surface area (Å²) in [5.41, 5.74) is 2.31. The van der Waals surface area contributed by atoms with Crippen LogP contribution in [0.3, 0.4) is 0 Å². The lowest BCUT2D eigenvalue weighted by Crippen LogP contribution is -2.26. The molecule has 0 bridgehead atoms. The predicted molar refractivity (Wildman–Crippen MR) is 84.2 cm³/mol. The van der Waals surface area contributed by atoms with Gasteiger partial charge in [-0.2, -0.15) is 5.10 Å². The number of aryl methyl sites for hydroxylation is 2. The van der Waals surface area contributed by atoms with Crippen LogP contribution in [-0.2, 0) is 16.6 Å².